The van der Waals surface area contributed by atoms with Gasteiger partial charge in [-0.3, -0.25) is 34.8 Å². The Balaban J connectivity index is 2.24. The fraction of sp³-hybridized carbons (Fsp3) is 0.538. The number of carbonyl (C=O) groups is 4. The van der Waals surface area contributed by atoms with Crippen molar-refractivity contribution in [2.24, 2.45) is 23.7 Å². The predicted octanol–water partition coefficient (Wildman–Crippen LogP) is 2.67. The van der Waals surface area contributed by atoms with E-state index in [0.717, 1.165) is 5.56 Å². The smallest absolute Gasteiger partial charge is 0.263 e. The third kappa shape index (κ3) is 8.83. The van der Waals surface area contributed by atoms with Crippen LogP contribution in [0.5, 0.6) is 0 Å². The molecule has 4 amide bonds. The molecule has 1 heterocycles. The van der Waals surface area contributed by atoms with E-state index in [-0.39, 0.29) is 43.0 Å². The highest BCUT2D eigenvalue weighted by molar-refractivity contribution is 5.93. The van der Waals surface area contributed by atoms with Crippen molar-refractivity contribution in [3.05, 3.63) is 42.0 Å². The molecule has 35 heavy (non-hydrogen) atoms. The Morgan fingerprint density at radius 3 is 2.31 bits per heavy atom. The van der Waals surface area contributed by atoms with Crippen LogP contribution in [0, 0.1) is 23.7 Å². The second-order valence-corrected chi connectivity index (χ2v) is 9.84. The van der Waals surface area contributed by atoms with E-state index in [4.69, 9.17) is 0 Å². The molecule has 0 spiro atoms. The van der Waals surface area contributed by atoms with Gasteiger partial charge < -0.3 is 5.32 Å². The van der Waals surface area contributed by atoms with Crippen LogP contribution in [0.15, 0.2) is 36.4 Å². The zero-order chi connectivity index (χ0) is 26.0. The van der Waals surface area contributed by atoms with Crippen molar-refractivity contribution >= 4 is 29.7 Å². The number of hydrogen-bond donors (Lipinski definition) is 4. The van der Waals surface area contributed by atoms with Crippen LogP contribution in [-0.2, 0) is 19.2 Å². The minimum Gasteiger partial charge on any atom is -0.344 e. The van der Waals surface area contributed by atoms with Gasteiger partial charge in [0.15, 0.2) is 0 Å². The highest BCUT2D eigenvalue weighted by atomic mass is 16.5. The third-order valence-corrected chi connectivity index (χ3v) is 5.85. The second-order valence-electron chi connectivity index (χ2n) is 9.84. The van der Waals surface area contributed by atoms with Crippen molar-refractivity contribution in [1.29, 1.82) is 0 Å². The average Bonchev–Trinajstić information content (AvgIpc) is 3.25. The zero-order valence-electron chi connectivity index (χ0n) is 21.0. The largest absolute Gasteiger partial charge is 0.344 e. The van der Waals surface area contributed by atoms with E-state index in [1.165, 1.54) is 5.01 Å². The summed E-state index contributed by atoms with van der Waals surface area (Å²) in [5.74, 6) is -3.19. The molecule has 0 radical (unpaired) electrons. The number of hydroxylamine groups is 1. The Kier molecular flexibility index (Phi) is 10.9. The lowest BCUT2D eigenvalue weighted by Gasteiger charge is -2.31. The van der Waals surface area contributed by atoms with E-state index in [0.29, 0.717) is 12.8 Å². The number of rotatable bonds is 11. The molecule has 0 unspecified atom stereocenters. The number of carbonyl (C=O) groups excluding carboxylic acids is 4. The summed E-state index contributed by atoms with van der Waals surface area (Å²) in [6.45, 7) is 7.98. The van der Waals surface area contributed by atoms with Crippen LogP contribution in [0.4, 0.5) is 0 Å². The molecule has 4 N–H and O–H groups in total. The molecule has 0 aliphatic carbocycles. The maximum Gasteiger partial charge on any atom is 0.263 e. The fourth-order valence-corrected chi connectivity index (χ4v) is 4.17. The molecule has 1 aliphatic heterocycles. The summed E-state index contributed by atoms with van der Waals surface area (Å²) in [6, 6.07) is 8.87. The quantitative estimate of drug-likeness (QED) is 0.282. The first-order chi connectivity index (χ1) is 16.6. The van der Waals surface area contributed by atoms with E-state index in [2.05, 4.69) is 10.7 Å². The van der Waals surface area contributed by atoms with Gasteiger partial charge in [0, 0.05) is 13.0 Å². The number of hydrogen-bond acceptors (Lipinski definition) is 5. The van der Waals surface area contributed by atoms with Gasteiger partial charge >= 0.3 is 0 Å². The number of benzene rings is 1. The van der Waals surface area contributed by atoms with Gasteiger partial charge in [-0.15, -0.1) is 0 Å². The normalized spacial score (nSPS) is 17.3. The van der Waals surface area contributed by atoms with Crippen LogP contribution in [-0.4, -0.2) is 46.4 Å². The fourth-order valence-electron chi connectivity index (χ4n) is 4.17. The minimum atomic E-state index is -0.843. The number of nitrogens with zero attached hydrogens (tertiary/aromatic N) is 1. The van der Waals surface area contributed by atoms with Crippen LogP contribution in [0.3, 0.4) is 0 Å². The van der Waals surface area contributed by atoms with Gasteiger partial charge in [0.05, 0.1) is 11.8 Å². The van der Waals surface area contributed by atoms with E-state index < -0.39 is 29.7 Å². The van der Waals surface area contributed by atoms with Crippen LogP contribution >= 0.6 is 0 Å². The highest BCUT2D eigenvalue weighted by Crippen LogP contribution is 2.26. The van der Waals surface area contributed by atoms with Crippen LogP contribution < -0.4 is 16.2 Å². The lowest BCUT2D eigenvalue weighted by atomic mass is 9.82. The van der Waals surface area contributed by atoms with E-state index in [9.17, 15) is 24.4 Å². The summed E-state index contributed by atoms with van der Waals surface area (Å²) in [7, 11) is 0. The lowest BCUT2D eigenvalue weighted by molar-refractivity contribution is -0.148. The predicted molar refractivity (Wildman–Crippen MR) is 132 cm³/mol. The van der Waals surface area contributed by atoms with Gasteiger partial charge in [-0.25, -0.2) is 5.48 Å². The summed E-state index contributed by atoms with van der Waals surface area (Å²) >= 11 is 0. The van der Waals surface area contributed by atoms with Crippen LogP contribution in [0.25, 0.3) is 6.08 Å². The van der Waals surface area contributed by atoms with Crippen LogP contribution in [0.1, 0.15) is 58.9 Å². The van der Waals surface area contributed by atoms with Crippen molar-refractivity contribution < 1.29 is 24.4 Å². The topological polar surface area (TPSA) is 128 Å². The summed E-state index contributed by atoms with van der Waals surface area (Å²) in [5, 5.41) is 13.3. The molecule has 1 aromatic carbocycles. The molecule has 3 atom stereocenters. The SMILES string of the molecule is CC(C)C[C@@H](C(=O)NN(CC(C)C)C(=O)[C@H]1CCC(=O)N1)[C@H](C/C=C/c1ccccc1)C(=O)NO. The molecule has 2 rings (SSSR count). The van der Waals surface area contributed by atoms with Crippen molar-refractivity contribution in [1.82, 2.24) is 21.2 Å². The van der Waals surface area contributed by atoms with Crippen LogP contribution in [0.2, 0.25) is 0 Å². The zero-order valence-corrected chi connectivity index (χ0v) is 21.0. The molecule has 9 nitrogen and oxygen atoms in total. The molecule has 1 fully saturated rings. The Labute approximate surface area is 207 Å². The average molecular weight is 487 g/mol. The lowest BCUT2D eigenvalue weighted by Crippen LogP contribution is -2.56. The molecule has 1 saturated heterocycles. The maximum absolute atomic E-state index is 13.5. The Bertz CT molecular complexity index is 900. The van der Waals surface area contributed by atoms with Gasteiger partial charge in [-0.2, -0.15) is 0 Å². The molecule has 9 heteroatoms. The summed E-state index contributed by atoms with van der Waals surface area (Å²) in [4.78, 5) is 50.8. The molecule has 0 aromatic heterocycles. The second kappa shape index (κ2) is 13.6. The van der Waals surface area contributed by atoms with E-state index >= 15 is 0 Å². The molecular formula is C26H38N4O5. The van der Waals surface area contributed by atoms with Gasteiger partial charge in [0.1, 0.15) is 6.04 Å². The summed E-state index contributed by atoms with van der Waals surface area (Å²) in [5.41, 5.74) is 5.37. The molecule has 0 bridgehead atoms. The van der Waals surface area contributed by atoms with Gasteiger partial charge in [-0.05, 0) is 36.7 Å². The molecular weight excluding hydrogens is 448 g/mol. The maximum atomic E-state index is 13.5. The Hall–Kier alpha value is -3.20. The molecule has 1 aromatic rings. The van der Waals surface area contributed by atoms with Crippen molar-refractivity contribution in [2.75, 3.05) is 6.54 Å². The number of nitrogens with one attached hydrogen (secondary N) is 3. The number of amides is 4. The molecule has 1 aliphatic rings. The van der Waals surface area contributed by atoms with Crippen molar-refractivity contribution in [3.63, 3.8) is 0 Å². The van der Waals surface area contributed by atoms with Gasteiger partial charge in [0.25, 0.3) is 5.91 Å². The number of allylic oxidation sites excluding steroid dienone is 1. The first-order valence-corrected chi connectivity index (χ1v) is 12.2. The van der Waals surface area contributed by atoms with Crippen molar-refractivity contribution in [2.45, 2.75) is 59.4 Å². The minimum absolute atomic E-state index is 0.0604. The first kappa shape index (κ1) is 28.0. The first-order valence-electron chi connectivity index (χ1n) is 12.2. The van der Waals surface area contributed by atoms with E-state index in [1.54, 1.807) is 11.6 Å². The summed E-state index contributed by atoms with van der Waals surface area (Å²) < 4.78 is 0. The highest BCUT2D eigenvalue weighted by Gasteiger charge is 2.37. The van der Waals surface area contributed by atoms with Crippen molar-refractivity contribution in [3.8, 4) is 0 Å². The molecule has 192 valence electrons. The van der Waals surface area contributed by atoms with E-state index in [1.807, 2.05) is 64.1 Å². The Morgan fingerprint density at radius 2 is 1.77 bits per heavy atom. The third-order valence-electron chi connectivity index (χ3n) is 5.85. The Morgan fingerprint density at radius 1 is 1.09 bits per heavy atom. The van der Waals surface area contributed by atoms with Gasteiger partial charge in [-0.1, -0.05) is 70.2 Å². The monoisotopic (exact) mass is 486 g/mol. The number of hydrazine groups is 1. The standard InChI is InChI=1S/C26H38N4O5/c1-17(2)15-21(20(25(33)29-35)12-8-11-19-9-6-5-7-10-19)24(32)28-30(16-18(3)4)26(34)22-13-14-23(31)27-22/h5-11,17-18,20-22,35H,12-16H2,1-4H3,(H,27,31)(H,28,32)(H,29,33)/b11-8+/t20-,21+,22+/m0/s1. The molecule has 0 saturated carbocycles. The summed E-state index contributed by atoms with van der Waals surface area (Å²) in [6.07, 6.45) is 4.91. The van der Waals surface area contributed by atoms with Gasteiger partial charge in [0.2, 0.25) is 17.7 Å².